The molecule has 0 radical (unpaired) electrons. The SMILES string of the molecule is c1ccc(-c2ccc(N3c4cc(-c5cc(-c6ccccc6)nc(-c6ccccc6)n5)cc5c4B(c4cc6c7cccc8cccc(c9cccc(c43)c96)c87)c3cc4c6cccc7cccc(c8cccc(c3N5c3ccc(-c5ccccc5)cc3)c84)c76)cc2)cc1. The fraction of sp³-hybridized carbons (Fsp3) is 0. The molecule has 18 aromatic rings. The van der Waals surface area contributed by atoms with Crippen LogP contribution in [0, 0.1) is 0 Å². The third-order valence-corrected chi connectivity index (χ3v) is 19.9. The largest absolute Gasteiger partial charge is 0.311 e. The van der Waals surface area contributed by atoms with Crippen molar-refractivity contribution >= 4 is 143 Å². The predicted molar refractivity (Wildman–Crippen MR) is 386 cm³/mol. The topological polar surface area (TPSA) is 32.3 Å². The summed E-state index contributed by atoms with van der Waals surface area (Å²) in [7, 11) is 0. The van der Waals surface area contributed by atoms with Crippen molar-refractivity contribution in [1.82, 2.24) is 9.97 Å². The Balaban J connectivity index is 0.975. The van der Waals surface area contributed by atoms with Crippen LogP contribution in [0.4, 0.5) is 34.1 Å². The van der Waals surface area contributed by atoms with E-state index in [4.69, 9.17) is 9.97 Å². The average Bonchev–Trinajstić information content (AvgIpc) is 0.698. The lowest BCUT2D eigenvalue weighted by Crippen LogP contribution is -2.61. The van der Waals surface area contributed by atoms with Gasteiger partial charge in [-0.2, -0.15) is 0 Å². The Kier molecular flexibility index (Phi) is 10.6. The van der Waals surface area contributed by atoms with Gasteiger partial charge in [0.25, 0.3) is 6.71 Å². The molecule has 2 aliphatic heterocycles. The highest BCUT2D eigenvalue weighted by Crippen LogP contribution is 2.53. The van der Waals surface area contributed by atoms with E-state index in [0.29, 0.717) is 5.82 Å². The molecule has 3 heterocycles. The van der Waals surface area contributed by atoms with Gasteiger partial charge in [-0.15, -0.1) is 0 Å². The standard InChI is InChI=1S/C86H51BN4/c1-5-19-52(20-6-1)54-39-43-61(44-40-54)90-77-47-60(76-51-75(56-23-9-3-10-24-56)88-86(89-76)59-25-11-4-12-26-59)48-78-83(77)87(73-49-71-67-33-15-29-57-27-13-31-63(79(57)67)65-35-17-37-69(81(65)71)84(73)90)74-50-72-68-34-16-30-58-28-14-32-64(80(58)68)66-36-18-38-70(82(66)72)85(74)91(78)62-45-41-55(42-46-62)53-21-7-2-8-22-53/h1-51H. The van der Waals surface area contributed by atoms with Gasteiger partial charge in [0, 0.05) is 61.6 Å². The highest BCUT2D eigenvalue weighted by Gasteiger charge is 2.46. The second kappa shape index (κ2) is 19.3. The first kappa shape index (κ1) is 50.1. The van der Waals surface area contributed by atoms with Gasteiger partial charge in [-0.3, -0.25) is 0 Å². The van der Waals surface area contributed by atoms with E-state index in [-0.39, 0.29) is 6.71 Å². The van der Waals surface area contributed by atoms with Crippen LogP contribution < -0.4 is 26.2 Å². The third-order valence-electron chi connectivity index (χ3n) is 19.9. The van der Waals surface area contributed by atoms with Gasteiger partial charge in [-0.1, -0.05) is 267 Å². The molecule has 0 N–H and O–H groups in total. The molecule has 91 heavy (non-hydrogen) atoms. The minimum Gasteiger partial charge on any atom is -0.311 e. The zero-order chi connectivity index (χ0) is 59.4. The average molecular weight is 1150 g/mol. The van der Waals surface area contributed by atoms with Crippen molar-refractivity contribution in [3.05, 3.63) is 309 Å². The molecular weight excluding hydrogens is 1100 g/mol. The van der Waals surface area contributed by atoms with Gasteiger partial charge in [0.1, 0.15) is 0 Å². The third kappa shape index (κ3) is 7.34. The number of aromatic nitrogens is 2. The summed E-state index contributed by atoms with van der Waals surface area (Å²) in [6.45, 7) is -0.241. The molecule has 2 aliphatic rings. The molecule has 0 amide bonds. The Labute approximate surface area is 525 Å². The van der Waals surface area contributed by atoms with Crippen LogP contribution in [0.3, 0.4) is 0 Å². The number of benzene rings is 17. The zero-order valence-electron chi connectivity index (χ0n) is 49.3. The molecule has 20 rings (SSSR count). The normalized spacial score (nSPS) is 12.8. The fourth-order valence-electron chi connectivity index (χ4n) is 16.0. The Morgan fingerprint density at radius 2 is 0.582 bits per heavy atom. The second-order valence-corrected chi connectivity index (χ2v) is 24.7. The number of hydrogen-bond acceptors (Lipinski definition) is 4. The van der Waals surface area contributed by atoms with Crippen LogP contribution in [-0.4, -0.2) is 16.7 Å². The van der Waals surface area contributed by atoms with E-state index in [9.17, 15) is 0 Å². The molecule has 0 atom stereocenters. The lowest BCUT2D eigenvalue weighted by Gasteiger charge is -2.45. The smallest absolute Gasteiger partial charge is 0.252 e. The quantitative estimate of drug-likeness (QED) is 0.0904. The first-order chi connectivity index (χ1) is 45.1. The van der Waals surface area contributed by atoms with Gasteiger partial charge in [0.2, 0.25) is 0 Å². The Morgan fingerprint density at radius 1 is 0.242 bits per heavy atom. The van der Waals surface area contributed by atoms with Crippen molar-refractivity contribution in [1.29, 1.82) is 0 Å². The van der Waals surface area contributed by atoms with E-state index in [1.807, 2.05) is 0 Å². The minimum atomic E-state index is -0.241. The summed E-state index contributed by atoms with van der Waals surface area (Å²) >= 11 is 0. The van der Waals surface area contributed by atoms with Gasteiger partial charge in [0.15, 0.2) is 5.82 Å². The summed E-state index contributed by atoms with van der Waals surface area (Å²) in [6, 6.07) is 115. The molecule has 0 unspecified atom stereocenters. The first-order valence-electron chi connectivity index (χ1n) is 31.5. The number of fused-ring (bicyclic) bond motifs is 10. The monoisotopic (exact) mass is 1150 g/mol. The second-order valence-electron chi connectivity index (χ2n) is 24.7. The summed E-state index contributed by atoms with van der Waals surface area (Å²) in [6.07, 6.45) is 0. The molecule has 0 spiro atoms. The van der Waals surface area contributed by atoms with Crippen molar-refractivity contribution in [3.8, 4) is 56.2 Å². The van der Waals surface area contributed by atoms with Gasteiger partial charge in [0.05, 0.1) is 11.4 Å². The lowest BCUT2D eigenvalue weighted by atomic mass is 9.33. The van der Waals surface area contributed by atoms with Crippen LogP contribution in [0.15, 0.2) is 309 Å². The van der Waals surface area contributed by atoms with Crippen LogP contribution in [-0.2, 0) is 0 Å². The van der Waals surface area contributed by atoms with E-state index in [0.717, 1.165) is 62.0 Å². The number of nitrogens with zero attached hydrogens (tertiary/aromatic N) is 4. The van der Waals surface area contributed by atoms with Gasteiger partial charge in [-0.05, 0) is 157 Å². The first-order valence-corrected chi connectivity index (χ1v) is 31.5. The zero-order valence-corrected chi connectivity index (χ0v) is 49.3. The number of anilines is 6. The molecule has 1 aromatic heterocycles. The van der Waals surface area contributed by atoms with E-state index < -0.39 is 0 Å². The summed E-state index contributed by atoms with van der Waals surface area (Å²) in [5.74, 6) is 0.672. The Bertz CT molecular complexity index is 5620. The van der Waals surface area contributed by atoms with Gasteiger partial charge in [-0.25, -0.2) is 9.97 Å². The number of rotatable bonds is 7. The van der Waals surface area contributed by atoms with Crippen molar-refractivity contribution in [3.63, 3.8) is 0 Å². The van der Waals surface area contributed by atoms with E-state index in [2.05, 4.69) is 319 Å². The van der Waals surface area contributed by atoms with Crippen LogP contribution in [0.25, 0.3) is 142 Å². The molecule has 0 fully saturated rings. The molecule has 0 saturated carbocycles. The lowest BCUT2D eigenvalue weighted by molar-refractivity contribution is 1.18. The maximum absolute atomic E-state index is 5.65. The molecule has 0 bridgehead atoms. The summed E-state index contributed by atoms with van der Waals surface area (Å²) in [4.78, 5) is 16.2. The summed E-state index contributed by atoms with van der Waals surface area (Å²) < 4.78 is 0. The molecule has 17 aromatic carbocycles. The molecule has 418 valence electrons. The fourth-order valence-corrected chi connectivity index (χ4v) is 16.0. The van der Waals surface area contributed by atoms with E-state index in [1.165, 1.54) is 125 Å². The predicted octanol–water partition coefficient (Wildman–Crippen LogP) is 21.0. The number of hydrogen-bond donors (Lipinski definition) is 0. The minimum absolute atomic E-state index is 0.241. The summed E-state index contributed by atoms with van der Waals surface area (Å²) in [5, 5.41) is 20.2. The van der Waals surface area contributed by atoms with Crippen LogP contribution >= 0.6 is 0 Å². The van der Waals surface area contributed by atoms with E-state index in [1.54, 1.807) is 0 Å². The molecule has 5 heteroatoms. The maximum Gasteiger partial charge on any atom is 0.252 e. The molecule has 0 aliphatic carbocycles. The van der Waals surface area contributed by atoms with Crippen molar-refractivity contribution in [2.24, 2.45) is 0 Å². The molecule has 0 saturated heterocycles. The van der Waals surface area contributed by atoms with Crippen molar-refractivity contribution in [2.45, 2.75) is 0 Å². The Morgan fingerprint density at radius 3 is 1.01 bits per heavy atom. The molecule has 4 nitrogen and oxygen atoms in total. The van der Waals surface area contributed by atoms with Crippen molar-refractivity contribution in [2.75, 3.05) is 9.80 Å². The van der Waals surface area contributed by atoms with Crippen LogP contribution in [0.2, 0.25) is 0 Å². The van der Waals surface area contributed by atoms with Crippen LogP contribution in [0.5, 0.6) is 0 Å². The van der Waals surface area contributed by atoms with E-state index >= 15 is 0 Å². The van der Waals surface area contributed by atoms with Gasteiger partial charge >= 0.3 is 0 Å². The highest BCUT2D eigenvalue weighted by molar-refractivity contribution is 7.01. The maximum atomic E-state index is 5.65. The van der Waals surface area contributed by atoms with Crippen LogP contribution in [0.1, 0.15) is 0 Å². The van der Waals surface area contributed by atoms with Crippen molar-refractivity contribution < 1.29 is 0 Å². The Hall–Kier alpha value is -11.9. The van der Waals surface area contributed by atoms with Gasteiger partial charge < -0.3 is 9.80 Å². The highest BCUT2D eigenvalue weighted by atomic mass is 15.2. The summed E-state index contributed by atoms with van der Waals surface area (Å²) in [5.41, 5.74) is 19.8. The molecular formula is C86H51BN4.